The number of rotatable bonds is 6. The second-order valence-electron chi connectivity index (χ2n) is 6.72. The molecule has 1 aliphatic heterocycles. The quantitative estimate of drug-likeness (QED) is 0.846. The Balaban J connectivity index is 1.59. The van der Waals surface area contributed by atoms with Crippen LogP contribution < -0.4 is 0 Å². The summed E-state index contributed by atoms with van der Waals surface area (Å²) in [6, 6.07) is 1.94. The van der Waals surface area contributed by atoms with Gasteiger partial charge >= 0.3 is 0 Å². The molecule has 0 aromatic carbocycles. The van der Waals surface area contributed by atoms with Gasteiger partial charge in [-0.05, 0) is 38.8 Å². The van der Waals surface area contributed by atoms with E-state index in [1.54, 1.807) is 0 Å². The molecule has 1 unspecified atom stereocenters. The highest BCUT2D eigenvalue weighted by molar-refractivity contribution is 5.78. The largest absolute Gasteiger partial charge is 0.374 e. The smallest absolute Gasteiger partial charge is 0.228 e. The van der Waals surface area contributed by atoms with Gasteiger partial charge in [0.1, 0.15) is 0 Å². The molecule has 1 amide bonds. The Hall–Kier alpha value is -1.40. The monoisotopic (exact) mass is 306 g/mol. The van der Waals surface area contributed by atoms with E-state index in [2.05, 4.69) is 22.1 Å². The second kappa shape index (κ2) is 6.79. The Labute approximate surface area is 131 Å². The lowest BCUT2D eigenvalue weighted by Crippen LogP contribution is -2.48. The maximum atomic E-state index is 12.6. The van der Waals surface area contributed by atoms with Gasteiger partial charge in [-0.25, -0.2) is 0 Å². The first-order valence-electron chi connectivity index (χ1n) is 8.19. The molecule has 22 heavy (non-hydrogen) atoms. The third-order valence-corrected chi connectivity index (χ3v) is 4.39. The molecule has 0 spiro atoms. The number of aromatic amines is 1. The van der Waals surface area contributed by atoms with Gasteiger partial charge in [0.05, 0.1) is 24.8 Å². The summed E-state index contributed by atoms with van der Waals surface area (Å²) in [7, 11) is 2.11. The average Bonchev–Trinajstić information content (AvgIpc) is 3.20. The number of carbonyl (C=O) groups is 1. The average molecular weight is 306 g/mol. The highest BCUT2D eigenvalue weighted by Gasteiger charge is 2.30. The summed E-state index contributed by atoms with van der Waals surface area (Å²) in [6.07, 6.45) is 3.00. The molecule has 1 atom stereocenters. The first kappa shape index (κ1) is 15.5. The van der Waals surface area contributed by atoms with Crippen LogP contribution in [-0.4, -0.2) is 71.8 Å². The number of nitrogens with zero attached hydrogens (tertiary/aromatic N) is 3. The molecular formula is C16H26N4O2. The lowest BCUT2D eigenvalue weighted by molar-refractivity contribution is -0.134. The van der Waals surface area contributed by atoms with E-state index in [4.69, 9.17) is 4.74 Å². The molecule has 6 heteroatoms. The molecule has 1 aliphatic carbocycles. The van der Waals surface area contributed by atoms with Crippen LogP contribution in [-0.2, 0) is 16.0 Å². The summed E-state index contributed by atoms with van der Waals surface area (Å²) in [6.45, 7) is 6.14. The molecule has 122 valence electrons. The van der Waals surface area contributed by atoms with Gasteiger partial charge in [-0.15, -0.1) is 0 Å². The van der Waals surface area contributed by atoms with Crippen LogP contribution in [0.25, 0.3) is 0 Å². The van der Waals surface area contributed by atoms with E-state index >= 15 is 0 Å². The highest BCUT2D eigenvalue weighted by Crippen LogP contribution is 2.30. The van der Waals surface area contributed by atoms with Crippen LogP contribution in [0.2, 0.25) is 0 Å². The van der Waals surface area contributed by atoms with E-state index in [1.165, 1.54) is 12.8 Å². The van der Waals surface area contributed by atoms with Crippen molar-refractivity contribution in [3.05, 3.63) is 17.5 Å². The topological polar surface area (TPSA) is 61.5 Å². The van der Waals surface area contributed by atoms with E-state index in [0.29, 0.717) is 18.9 Å². The second-order valence-corrected chi connectivity index (χ2v) is 6.72. The zero-order valence-electron chi connectivity index (χ0n) is 13.5. The molecule has 2 fully saturated rings. The third kappa shape index (κ3) is 4.30. The molecule has 3 rings (SSSR count). The van der Waals surface area contributed by atoms with Crippen LogP contribution >= 0.6 is 0 Å². The molecular weight excluding hydrogens is 280 g/mol. The number of hydrogen-bond donors (Lipinski definition) is 1. The van der Waals surface area contributed by atoms with E-state index in [1.807, 2.05) is 17.9 Å². The van der Waals surface area contributed by atoms with Gasteiger partial charge in [-0.3, -0.25) is 9.89 Å². The minimum atomic E-state index is 0.127. The first-order valence-corrected chi connectivity index (χ1v) is 8.19. The minimum absolute atomic E-state index is 0.127. The molecule has 0 bridgehead atoms. The van der Waals surface area contributed by atoms with E-state index < -0.39 is 0 Å². The number of hydrogen-bond acceptors (Lipinski definition) is 4. The van der Waals surface area contributed by atoms with Crippen LogP contribution in [0.15, 0.2) is 6.07 Å². The summed E-state index contributed by atoms with van der Waals surface area (Å²) in [4.78, 5) is 16.9. The Morgan fingerprint density at radius 1 is 1.50 bits per heavy atom. The van der Waals surface area contributed by atoms with E-state index in [9.17, 15) is 4.79 Å². The van der Waals surface area contributed by atoms with Gasteiger partial charge in [-0.1, -0.05) is 0 Å². The number of H-pyrrole nitrogens is 1. The first-order chi connectivity index (χ1) is 10.6. The summed E-state index contributed by atoms with van der Waals surface area (Å²) < 4.78 is 5.83. The van der Waals surface area contributed by atoms with Crippen molar-refractivity contribution < 1.29 is 9.53 Å². The van der Waals surface area contributed by atoms with Crippen LogP contribution in [0, 0.1) is 12.8 Å². The molecule has 6 nitrogen and oxygen atoms in total. The van der Waals surface area contributed by atoms with Crippen molar-refractivity contribution >= 4 is 5.91 Å². The standard InChI is InChI=1S/C16H26N4O2/c1-12-7-14(18-17-12)8-16(21)20(9-13-3-4-13)11-15-10-19(2)5-6-22-15/h7,13,15H,3-6,8-11H2,1-2H3,(H,17,18). The molecule has 2 heterocycles. The SMILES string of the molecule is Cc1cc(CC(=O)N(CC2CC2)CC2CN(C)CCO2)n[nH]1. The molecule has 0 radical (unpaired) electrons. The number of amides is 1. The lowest BCUT2D eigenvalue weighted by Gasteiger charge is -2.34. The lowest BCUT2D eigenvalue weighted by atomic mass is 10.2. The predicted molar refractivity (Wildman–Crippen MR) is 83.6 cm³/mol. The fraction of sp³-hybridized carbons (Fsp3) is 0.750. The van der Waals surface area contributed by atoms with Gasteiger partial charge in [0, 0.05) is 31.9 Å². The van der Waals surface area contributed by atoms with Gasteiger partial charge in [0.15, 0.2) is 0 Å². The summed E-state index contributed by atoms with van der Waals surface area (Å²) in [5, 5.41) is 7.08. The normalized spacial score (nSPS) is 22.7. The van der Waals surface area contributed by atoms with Crippen molar-refractivity contribution in [2.75, 3.05) is 39.8 Å². The maximum absolute atomic E-state index is 12.6. The van der Waals surface area contributed by atoms with Gasteiger partial charge in [-0.2, -0.15) is 5.10 Å². The zero-order valence-corrected chi connectivity index (χ0v) is 13.5. The summed E-state index contributed by atoms with van der Waals surface area (Å²) in [5.41, 5.74) is 1.82. The minimum Gasteiger partial charge on any atom is -0.374 e. The molecule has 2 aliphatic rings. The molecule has 1 N–H and O–H groups in total. The Bertz CT molecular complexity index is 512. The van der Waals surface area contributed by atoms with Crippen LogP contribution in [0.4, 0.5) is 0 Å². The predicted octanol–water partition coefficient (Wildman–Crippen LogP) is 0.830. The number of carbonyl (C=O) groups excluding carboxylic acids is 1. The maximum Gasteiger partial charge on any atom is 0.228 e. The third-order valence-electron chi connectivity index (χ3n) is 4.39. The zero-order chi connectivity index (χ0) is 15.5. The summed E-state index contributed by atoms with van der Waals surface area (Å²) >= 11 is 0. The van der Waals surface area contributed by atoms with Crippen molar-refractivity contribution in [3.8, 4) is 0 Å². The number of aryl methyl sites for hydroxylation is 1. The van der Waals surface area contributed by atoms with Crippen molar-refractivity contribution in [3.63, 3.8) is 0 Å². The van der Waals surface area contributed by atoms with Gasteiger partial charge in [0.2, 0.25) is 5.91 Å². The van der Waals surface area contributed by atoms with Gasteiger partial charge < -0.3 is 14.5 Å². The highest BCUT2D eigenvalue weighted by atomic mass is 16.5. The van der Waals surface area contributed by atoms with E-state index in [0.717, 1.165) is 37.6 Å². The fourth-order valence-electron chi connectivity index (χ4n) is 2.95. The number of morpholine rings is 1. The van der Waals surface area contributed by atoms with Crippen molar-refractivity contribution in [2.45, 2.75) is 32.3 Å². The molecule has 1 aromatic heterocycles. The molecule has 1 aromatic rings. The summed E-state index contributed by atoms with van der Waals surface area (Å²) in [5.74, 6) is 0.849. The van der Waals surface area contributed by atoms with Crippen molar-refractivity contribution in [1.29, 1.82) is 0 Å². The van der Waals surface area contributed by atoms with Crippen molar-refractivity contribution in [2.24, 2.45) is 5.92 Å². The van der Waals surface area contributed by atoms with Gasteiger partial charge in [0.25, 0.3) is 0 Å². The Morgan fingerprint density at radius 2 is 2.32 bits per heavy atom. The van der Waals surface area contributed by atoms with Crippen LogP contribution in [0.3, 0.4) is 0 Å². The van der Waals surface area contributed by atoms with Crippen molar-refractivity contribution in [1.82, 2.24) is 20.0 Å². The Morgan fingerprint density at radius 3 is 2.95 bits per heavy atom. The number of nitrogens with one attached hydrogen (secondary N) is 1. The molecule has 1 saturated heterocycles. The Kier molecular flexibility index (Phi) is 4.78. The number of ether oxygens (including phenoxy) is 1. The fourth-order valence-corrected chi connectivity index (χ4v) is 2.95. The number of aromatic nitrogens is 2. The number of likely N-dealkylation sites (N-methyl/N-ethyl adjacent to an activating group) is 1. The molecule has 1 saturated carbocycles. The van der Waals surface area contributed by atoms with Crippen LogP contribution in [0.1, 0.15) is 24.2 Å². The van der Waals surface area contributed by atoms with E-state index in [-0.39, 0.29) is 12.0 Å². The van der Waals surface area contributed by atoms with Crippen LogP contribution in [0.5, 0.6) is 0 Å².